The molecule has 0 aliphatic carbocycles. The number of carbonyl (C=O) groups excluding carboxylic acids is 1. The van der Waals surface area contributed by atoms with Gasteiger partial charge in [0.05, 0.1) is 19.0 Å². The first-order valence-corrected chi connectivity index (χ1v) is 11.3. The summed E-state index contributed by atoms with van der Waals surface area (Å²) in [5.41, 5.74) is 1.28. The molecule has 2 aliphatic rings. The third-order valence-electron chi connectivity index (χ3n) is 5.59. The monoisotopic (exact) mass is 569 g/mol. The summed E-state index contributed by atoms with van der Waals surface area (Å²) in [6.45, 7) is 4.96. The summed E-state index contributed by atoms with van der Waals surface area (Å²) < 4.78 is 74.8. The molecule has 0 saturated carbocycles. The number of hydrogen-bond donors (Lipinski definition) is 2. The predicted molar refractivity (Wildman–Crippen MR) is 119 cm³/mol. The van der Waals surface area contributed by atoms with Crippen LogP contribution in [0.4, 0.5) is 26.3 Å². The van der Waals surface area contributed by atoms with Crippen LogP contribution in [0.2, 0.25) is 0 Å². The molecule has 2 aliphatic heterocycles. The number of hydrogen-bond acceptors (Lipinski definition) is 7. The molecule has 2 atom stereocenters. The normalized spacial score (nSPS) is 19.8. The van der Waals surface area contributed by atoms with Crippen LogP contribution in [-0.4, -0.2) is 94.1 Å². The first-order chi connectivity index (χ1) is 18.2. The van der Waals surface area contributed by atoms with E-state index in [-0.39, 0.29) is 12.0 Å². The van der Waals surface area contributed by atoms with Crippen LogP contribution in [0.25, 0.3) is 0 Å². The molecule has 0 aromatic carbocycles. The average Bonchev–Trinajstić information content (AvgIpc) is 3.32. The van der Waals surface area contributed by atoms with E-state index in [4.69, 9.17) is 29.0 Å². The number of ether oxygens (including phenoxy) is 1. The zero-order valence-corrected chi connectivity index (χ0v) is 20.2. The van der Waals surface area contributed by atoms with Crippen molar-refractivity contribution in [3.8, 4) is 0 Å². The number of carboxylic acid groups (broad SMARTS) is 2. The summed E-state index contributed by atoms with van der Waals surface area (Å²) in [5.74, 6) is -4.68. The molecule has 2 aromatic rings. The van der Waals surface area contributed by atoms with Crippen molar-refractivity contribution in [1.82, 2.24) is 14.8 Å². The molecule has 216 valence electrons. The van der Waals surface area contributed by atoms with Gasteiger partial charge in [-0.2, -0.15) is 26.3 Å². The Hall–Kier alpha value is -3.66. The van der Waals surface area contributed by atoms with E-state index in [0.29, 0.717) is 24.8 Å². The van der Waals surface area contributed by atoms with Crippen LogP contribution in [0.5, 0.6) is 0 Å². The topological polar surface area (TPSA) is 133 Å². The fourth-order valence-corrected chi connectivity index (χ4v) is 3.75. The number of likely N-dealkylation sites (tertiary alicyclic amines) is 1. The Bertz CT molecular complexity index is 1040. The number of aliphatic carboxylic acids is 2. The van der Waals surface area contributed by atoms with E-state index < -0.39 is 24.3 Å². The minimum atomic E-state index is -5.08. The van der Waals surface area contributed by atoms with Crippen LogP contribution in [0, 0.1) is 5.92 Å². The molecule has 4 rings (SSSR count). The highest BCUT2D eigenvalue weighted by Crippen LogP contribution is 2.26. The molecule has 4 heterocycles. The van der Waals surface area contributed by atoms with E-state index in [1.54, 1.807) is 18.4 Å². The summed E-state index contributed by atoms with van der Waals surface area (Å²) >= 11 is 0. The number of aromatic nitrogens is 1. The highest BCUT2D eigenvalue weighted by atomic mass is 19.4. The molecule has 2 N–H and O–H groups in total. The fourth-order valence-electron chi connectivity index (χ4n) is 3.75. The highest BCUT2D eigenvalue weighted by Gasteiger charge is 2.39. The second kappa shape index (κ2) is 13.9. The van der Waals surface area contributed by atoms with Crippen molar-refractivity contribution in [3.63, 3.8) is 0 Å². The van der Waals surface area contributed by atoms with Gasteiger partial charge in [-0.05, 0) is 36.2 Å². The molecular formula is C23H25F6N3O7. The highest BCUT2D eigenvalue weighted by molar-refractivity contribution is 5.91. The van der Waals surface area contributed by atoms with Gasteiger partial charge in [-0.15, -0.1) is 0 Å². The minimum absolute atomic E-state index is 0.0371. The molecular weight excluding hydrogens is 544 g/mol. The van der Waals surface area contributed by atoms with Crippen molar-refractivity contribution >= 4 is 17.8 Å². The average molecular weight is 569 g/mol. The molecule has 10 nitrogen and oxygen atoms in total. The fraction of sp³-hybridized carbons (Fsp3) is 0.478. The van der Waals surface area contributed by atoms with Gasteiger partial charge in [-0.25, -0.2) is 9.59 Å². The largest absolute Gasteiger partial charge is 0.490 e. The van der Waals surface area contributed by atoms with E-state index in [1.807, 2.05) is 17.3 Å². The maximum Gasteiger partial charge on any atom is 0.490 e. The Morgan fingerprint density at radius 2 is 1.54 bits per heavy atom. The molecule has 1 amide bonds. The molecule has 0 bridgehead atoms. The number of alkyl halides is 6. The van der Waals surface area contributed by atoms with Crippen molar-refractivity contribution in [2.45, 2.75) is 31.4 Å². The number of pyridine rings is 1. The van der Waals surface area contributed by atoms with Gasteiger partial charge in [0.15, 0.2) is 5.76 Å². The molecule has 0 unspecified atom stereocenters. The standard InChI is InChI=1S/C19H23N3O3.2C2HF3O2/c23-19(17-2-1-10-24-17)22-8-5-16-13-21(9-11-25-18(16)14-22)12-15-3-6-20-7-4-15;2*3-2(4,5)1(6)7/h1-4,6-7,10,16,18H,5,8-9,11-14H2;2*(H,6,7)/t16-,18-;;/m1../s1. The Balaban J connectivity index is 0.000000317. The van der Waals surface area contributed by atoms with Crippen LogP contribution in [-0.2, 0) is 20.9 Å². The summed E-state index contributed by atoms with van der Waals surface area (Å²) in [4.78, 5) is 38.7. The van der Waals surface area contributed by atoms with Crippen molar-refractivity contribution in [2.24, 2.45) is 5.92 Å². The van der Waals surface area contributed by atoms with Gasteiger partial charge in [0.25, 0.3) is 5.91 Å². The van der Waals surface area contributed by atoms with Crippen LogP contribution in [0.3, 0.4) is 0 Å². The Kier molecular flexibility index (Phi) is 11.3. The second-order valence-corrected chi connectivity index (χ2v) is 8.38. The lowest BCUT2D eigenvalue weighted by Crippen LogP contribution is -2.49. The maximum atomic E-state index is 12.5. The molecule has 39 heavy (non-hydrogen) atoms. The Morgan fingerprint density at radius 3 is 2.05 bits per heavy atom. The smallest absolute Gasteiger partial charge is 0.475 e. The van der Waals surface area contributed by atoms with E-state index >= 15 is 0 Å². The van der Waals surface area contributed by atoms with Gasteiger partial charge in [-0.1, -0.05) is 0 Å². The van der Waals surface area contributed by atoms with Gasteiger partial charge >= 0.3 is 24.3 Å². The zero-order chi connectivity index (χ0) is 29.2. The molecule has 2 fully saturated rings. The number of nitrogens with zero attached hydrogens (tertiary/aromatic N) is 3. The predicted octanol–water partition coefficient (Wildman–Crippen LogP) is 3.30. The number of carboxylic acids is 2. The van der Waals surface area contributed by atoms with Crippen LogP contribution in [0.15, 0.2) is 47.3 Å². The lowest BCUT2D eigenvalue weighted by Gasteiger charge is -2.37. The number of fused-ring (bicyclic) bond motifs is 1. The quantitative estimate of drug-likeness (QED) is 0.534. The van der Waals surface area contributed by atoms with E-state index in [2.05, 4.69) is 22.0 Å². The number of rotatable bonds is 3. The molecule has 16 heteroatoms. The van der Waals surface area contributed by atoms with Crippen molar-refractivity contribution in [3.05, 3.63) is 54.2 Å². The molecule has 2 aromatic heterocycles. The molecule has 0 spiro atoms. The van der Waals surface area contributed by atoms with Gasteiger partial charge in [0, 0.05) is 51.0 Å². The summed E-state index contributed by atoms with van der Waals surface area (Å²) in [5, 5.41) is 14.2. The van der Waals surface area contributed by atoms with Gasteiger partial charge in [-0.3, -0.25) is 14.7 Å². The molecule has 2 saturated heterocycles. The van der Waals surface area contributed by atoms with E-state index in [0.717, 1.165) is 32.6 Å². The summed E-state index contributed by atoms with van der Waals surface area (Å²) in [6, 6.07) is 7.60. The summed E-state index contributed by atoms with van der Waals surface area (Å²) in [7, 11) is 0. The number of piperidine rings is 1. The van der Waals surface area contributed by atoms with Gasteiger partial charge < -0.3 is 24.3 Å². The van der Waals surface area contributed by atoms with Crippen molar-refractivity contribution in [2.75, 3.05) is 32.8 Å². The van der Waals surface area contributed by atoms with Gasteiger partial charge in [0.2, 0.25) is 0 Å². The summed E-state index contributed by atoms with van der Waals surface area (Å²) in [6.07, 6.45) is -3.88. The van der Waals surface area contributed by atoms with Crippen molar-refractivity contribution in [1.29, 1.82) is 0 Å². The number of carbonyl (C=O) groups is 3. The minimum Gasteiger partial charge on any atom is -0.475 e. The Labute approximate surface area is 217 Å². The van der Waals surface area contributed by atoms with Crippen LogP contribution < -0.4 is 0 Å². The van der Waals surface area contributed by atoms with Gasteiger partial charge in [0.1, 0.15) is 0 Å². The Morgan fingerprint density at radius 1 is 0.949 bits per heavy atom. The number of furan rings is 1. The first-order valence-electron chi connectivity index (χ1n) is 11.3. The third-order valence-corrected chi connectivity index (χ3v) is 5.59. The maximum absolute atomic E-state index is 12.5. The third kappa shape index (κ3) is 10.6. The first kappa shape index (κ1) is 31.6. The zero-order valence-electron chi connectivity index (χ0n) is 20.2. The van der Waals surface area contributed by atoms with Crippen LogP contribution >= 0.6 is 0 Å². The molecule has 0 radical (unpaired) electrons. The van der Waals surface area contributed by atoms with E-state index in [1.165, 1.54) is 5.56 Å². The lowest BCUT2D eigenvalue weighted by molar-refractivity contribution is -0.193. The number of amides is 1. The number of halogens is 6. The lowest BCUT2D eigenvalue weighted by atomic mass is 9.93. The second-order valence-electron chi connectivity index (χ2n) is 8.38. The van der Waals surface area contributed by atoms with E-state index in [9.17, 15) is 31.1 Å². The van der Waals surface area contributed by atoms with Crippen molar-refractivity contribution < 1.29 is 60.1 Å². The SMILES string of the molecule is O=C(O)C(F)(F)F.O=C(O)C(F)(F)F.O=C(c1ccco1)N1CC[C@@H]2CN(Cc3ccncc3)CCO[C@@H]2C1. The van der Waals surface area contributed by atoms with Crippen LogP contribution in [0.1, 0.15) is 22.5 Å².